The first-order chi connectivity index (χ1) is 8.94. The van der Waals surface area contributed by atoms with Crippen LogP contribution in [-0.2, 0) is 4.79 Å². The third-order valence-corrected chi connectivity index (χ3v) is 3.14. The van der Waals surface area contributed by atoms with Gasteiger partial charge in [0.15, 0.2) is 0 Å². The van der Waals surface area contributed by atoms with Crippen molar-refractivity contribution in [2.45, 2.75) is 31.2 Å². The second-order valence-electron chi connectivity index (χ2n) is 4.37. The molecule has 1 saturated heterocycles. The number of amides is 1. The third-order valence-electron chi connectivity index (χ3n) is 3.14. The first-order valence-electron chi connectivity index (χ1n) is 5.81. The minimum Gasteiger partial charge on any atom is -0.330 e. The second-order valence-corrected chi connectivity index (χ2v) is 4.37. The van der Waals surface area contributed by atoms with Crippen molar-refractivity contribution in [3.63, 3.8) is 0 Å². The summed E-state index contributed by atoms with van der Waals surface area (Å²) in [6.45, 7) is 0.0563. The summed E-state index contributed by atoms with van der Waals surface area (Å²) < 4.78 is 50.7. The van der Waals surface area contributed by atoms with Crippen molar-refractivity contribution < 1.29 is 22.4 Å². The van der Waals surface area contributed by atoms with Crippen LogP contribution in [0.3, 0.4) is 0 Å². The van der Waals surface area contributed by atoms with E-state index in [1.54, 1.807) is 12.1 Å². The maximum Gasteiger partial charge on any atom is 0.383 e. The smallest absolute Gasteiger partial charge is 0.330 e. The van der Waals surface area contributed by atoms with Crippen molar-refractivity contribution in [2.24, 2.45) is 0 Å². The van der Waals surface area contributed by atoms with Gasteiger partial charge in [-0.2, -0.15) is 8.78 Å². The largest absolute Gasteiger partial charge is 0.383 e. The molecule has 0 saturated carbocycles. The fourth-order valence-electron chi connectivity index (χ4n) is 2.21. The van der Waals surface area contributed by atoms with Gasteiger partial charge in [0.25, 0.3) is 5.91 Å². The predicted molar refractivity (Wildman–Crippen MR) is 58.9 cm³/mol. The van der Waals surface area contributed by atoms with Gasteiger partial charge in [-0.3, -0.25) is 9.78 Å². The maximum atomic E-state index is 13.1. The van der Waals surface area contributed by atoms with Crippen molar-refractivity contribution in [2.75, 3.05) is 6.54 Å². The molecule has 0 aromatic carbocycles. The third kappa shape index (κ3) is 2.54. The SMILES string of the molecule is O=C(N1CCCC1c1cccnc1)C(F)(F)C(F)F. The summed E-state index contributed by atoms with van der Waals surface area (Å²) in [6, 6.07) is 2.65. The number of pyridine rings is 1. The normalized spacial score (nSPS) is 20.1. The molecule has 2 heterocycles. The summed E-state index contributed by atoms with van der Waals surface area (Å²) in [4.78, 5) is 16.2. The van der Waals surface area contributed by atoms with Gasteiger partial charge in [0.2, 0.25) is 0 Å². The van der Waals surface area contributed by atoms with Gasteiger partial charge in [0, 0.05) is 18.9 Å². The number of rotatable bonds is 3. The van der Waals surface area contributed by atoms with E-state index < -0.39 is 24.3 Å². The van der Waals surface area contributed by atoms with Crippen LogP contribution in [-0.4, -0.2) is 34.7 Å². The molecule has 0 N–H and O–H groups in total. The van der Waals surface area contributed by atoms with Crippen molar-refractivity contribution >= 4 is 5.91 Å². The quantitative estimate of drug-likeness (QED) is 0.795. The first kappa shape index (κ1) is 13.8. The number of likely N-dealkylation sites (tertiary alicyclic amines) is 1. The number of alkyl halides is 4. The van der Waals surface area contributed by atoms with Crippen LogP contribution < -0.4 is 0 Å². The zero-order chi connectivity index (χ0) is 14.0. The van der Waals surface area contributed by atoms with Crippen LogP contribution in [0.4, 0.5) is 17.6 Å². The van der Waals surface area contributed by atoms with Crippen LogP contribution in [0.25, 0.3) is 0 Å². The van der Waals surface area contributed by atoms with E-state index >= 15 is 0 Å². The fraction of sp³-hybridized carbons (Fsp3) is 0.500. The Morgan fingerprint density at radius 3 is 2.79 bits per heavy atom. The topological polar surface area (TPSA) is 33.2 Å². The molecule has 1 aromatic heterocycles. The number of aromatic nitrogens is 1. The monoisotopic (exact) mass is 276 g/mol. The molecule has 1 amide bonds. The number of hydrogen-bond donors (Lipinski definition) is 0. The summed E-state index contributed by atoms with van der Waals surface area (Å²) in [6.07, 6.45) is -0.0496. The van der Waals surface area contributed by atoms with E-state index in [0.717, 1.165) is 4.90 Å². The van der Waals surface area contributed by atoms with Crippen LogP contribution in [0.5, 0.6) is 0 Å². The fourth-order valence-corrected chi connectivity index (χ4v) is 2.21. The Bertz CT molecular complexity index is 452. The molecule has 1 aliphatic heterocycles. The predicted octanol–water partition coefficient (Wildman–Crippen LogP) is 2.65. The van der Waals surface area contributed by atoms with E-state index in [9.17, 15) is 22.4 Å². The van der Waals surface area contributed by atoms with E-state index in [1.165, 1.54) is 12.4 Å². The van der Waals surface area contributed by atoms with Gasteiger partial charge in [-0.1, -0.05) is 6.07 Å². The molecule has 0 spiro atoms. The lowest BCUT2D eigenvalue weighted by atomic mass is 10.1. The van der Waals surface area contributed by atoms with E-state index in [1.807, 2.05) is 0 Å². The van der Waals surface area contributed by atoms with Crippen molar-refractivity contribution in [1.82, 2.24) is 9.88 Å². The molecule has 2 rings (SSSR count). The Morgan fingerprint density at radius 1 is 1.47 bits per heavy atom. The molecule has 1 atom stereocenters. The van der Waals surface area contributed by atoms with Crippen LogP contribution >= 0.6 is 0 Å². The van der Waals surface area contributed by atoms with E-state index in [0.29, 0.717) is 18.4 Å². The Labute approximate surface area is 107 Å². The Balaban J connectivity index is 2.22. The molecular weight excluding hydrogens is 264 g/mol. The number of carbonyl (C=O) groups excluding carboxylic acids is 1. The Hall–Kier alpha value is -1.66. The summed E-state index contributed by atoms with van der Waals surface area (Å²) in [7, 11) is 0. The number of hydrogen-bond acceptors (Lipinski definition) is 2. The lowest BCUT2D eigenvalue weighted by molar-refractivity contribution is -0.181. The van der Waals surface area contributed by atoms with Gasteiger partial charge in [0.1, 0.15) is 0 Å². The van der Waals surface area contributed by atoms with Crippen molar-refractivity contribution in [3.8, 4) is 0 Å². The molecular formula is C12H12F4N2O. The van der Waals surface area contributed by atoms with Crippen LogP contribution in [0, 0.1) is 0 Å². The minimum atomic E-state index is -4.63. The van der Waals surface area contributed by atoms with Gasteiger partial charge in [0.05, 0.1) is 6.04 Å². The molecule has 1 fully saturated rings. The molecule has 0 bridgehead atoms. The summed E-state index contributed by atoms with van der Waals surface area (Å²) in [5.74, 6) is -6.45. The molecule has 1 aliphatic rings. The summed E-state index contributed by atoms with van der Waals surface area (Å²) in [5, 5.41) is 0. The Kier molecular flexibility index (Phi) is 3.73. The van der Waals surface area contributed by atoms with Crippen molar-refractivity contribution in [1.29, 1.82) is 0 Å². The zero-order valence-electron chi connectivity index (χ0n) is 9.90. The second kappa shape index (κ2) is 5.14. The van der Waals surface area contributed by atoms with Gasteiger partial charge in [-0.05, 0) is 24.5 Å². The van der Waals surface area contributed by atoms with E-state index in [4.69, 9.17) is 0 Å². The highest BCUT2D eigenvalue weighted by molar-refractivity contribution is 5.84. The number of nitrogens with zero attached hydrogens (tertiary/aromatic N) is 2. The van der Waals surface area contributed by atoms with Gasteiger partial charge in [-0.25, -0.2) is 8.78 Å². The standard InChI is InChI=1S/C12H12F4N2O/c13-10(14)12(15,16)11(19)18-6-2-4-9(18)8-3-1-5-17-7-8/h1,3,5,7,9-10H,2,4,6H2. The van der Waals surface area contributed by atoms with E-state index in [-0.39, 0.29) is 6.54 Å². The van der Waals surface area contributed by atoms with Crippen LogP contribution in [0.1, 0.15) is 24.4 Å². The average Bonchev–Trinajstić information content (AvgIpc) is 2.87. The van der Waals surface area contributed by atoms with E-state index in [2.05, 4.69) is 4.98 Å². The highest BCUT2D eigenvalue weighted by Gasteiger charge is 2.53. The molecule has 104 valence electrons. The molecule has 19 heavy (non-hydrogen) atoms. The van der Waals surface area contributed by atoms with Gasteiger partial charge >= 0.3 is 12.3 Å². The van der Waals surface area contributed by atoms with Crippen LogP contribution in [0.15, 0.2) is 24.5 Å². The molecule has 3 nitrogen and oxygen atoms in total. The molecule has 7 heteroatoms. The van der Waals surface area contributed by atoms with Crippen molar-refractivity contribution in [3.05, 3.63) is 30.1 Å². The lowest BCUT2D eigenvalue weighted by Crippen LogP contribution is -2.47. The average molecular weight is 276 g/mol. The number of halogens is 4. The number of carbonyl (C=O) groups is 1. The highest BCUT2D eigenvalue weighted by atomic mass is 19.3. The van der Waals surface area contributed by atoms with Crippen LogP contribution in [0.2, 0.25) is 0 Å². The minimum absolute atomic E-state index is 0.0563. The maximum absolute atomic E-state index is 13.1. The molecule has 0 radical (unpaired) electrons. The molecule has 1 unspecified atom stereocenters. The summed E-state index contributed by atoms with van der Waals surface area (Å²) >= 11 is 0. The van der Waals surface area contributed by atoms with Gasteiger partial charge in [-0.15, -0.1) is 0 Å². The lowest BCUT2D eigenvalue weighted by Gasteiger charge is -2.28. The molecule has 1 aromatic rings. The van der Waals surface area contributed by atoms with Gasteiger partial charge < -0.3 is 4.90 Å². The molecule has 0 aliphatic carbocycles. The summed E-state index contributed by atoms with van der Waals surface area (Å²) in [5.41, 5.74) is 0.582. The Morgan fingerprint density at radius 2 is 2.21 bits per heavy atom. The highest BCUT2D eigenvalue weighted by Crippen LogP contribution is 2.36. The first-order valence-corrected chi connectivity index (χ1v) is 5.81. The zero-order valence-corrected chi connectivity index (χ0v) is 9.90.